The molecule has 0 saturated heterocycles. The number of aliphatic carboxylic acids is 1. The van der Waals surface area contributed by atoms with Gasteiger partial charge >= 0.3 is 5.97 Å². The highest BCUT2D eigenvalue weighted by atomic mass is 35.5. The molecule has 1 aliphatic rings. The van der Waals surface area contributed by atoms with Gasteiger partial charge < -0.3 is 14.7 Å². The fourth-order valence-electron chi connectivity index (χ4n) is 4.34. The first kappa shape index (κ1) is 23.8. The van der Waals surface area contributed by atoms with Crippen molar-refractivity contribution in [3.63, 3.8) is 0 Å². The van der Waals surface area contributed by atoms with Crippen LogP contribution >= 0.6 is 11.6 Å². The molecule has 1 aliphatic heterocycles. The minimum atomic E-state index is -1.04. The molecule has 176 valence electrons. The highest BCUT2D eigenvalue weighted by Gasteiger charge is 2.32. The number of aryl methyl sites for hydroxylation is 2. The highest BCUT2D eigenvalue weighted by molar-refractivity contribution is 6.30. The van der Waals surface area contributed by atoms with Crippen LogP contribution in [0.1, 0.15) is 46.0 Å². The summed E-state index contributed by atoms with van der Waals surface area (Å²) in [5.74, 6) is -0.581. The first-order valence-electron chi connectivity index (χ1n) is 11.3. The van der Waals surface area contributed by atoms with E-state index in [0.29, 0.717) is 10.6 Å². The lowest BCUT2D eigenvalue weighted by Gasteiger charge is -2.36. The Morgan fingerprint density at radius 1 is 1.03 bits per heavy atom. The average Bonchev–Trinajstić information content (AvgIpc) is 2.80. The molecule has 3 aromatic rings. The van der Waals surface area contributed by atoms with Crippen molar-refractivity contribution in [1.82, 2.24) is 4.90 Å². The Labute approximate surface area is 204 Å². The van der Waals surface area contributed by atoms with E-state index in [-0.39, 0.29) is 24.6 Å². The number of carbonyl (C=O) groups is 2. The number of nitrogens with zero attached hydrogens (tertiary/aromatic N) is 1. The molecular weight excluding hydrogens is 450 g/mol. The van der Waals surface area contributed by atoms with Crippen LogP contribution in [0.3, 0.4) is 0 Å². The molecule has 1 atom stereocenters. The summed E-state index contributed by atoms with van der Waals surface area (Å²) in [6.45, 7) is 3.96. The van der Waals surface area contributed by atoms with Crippen LogP contribution in [0.2, 0.25) is 5.02 Å². The highest BCUT2D eigenvalue weighted by Crippen LogP contribution is 2.36. The van der Waals surface area contributed by atoms with E-state index in [0.717, 1.165) is 47.3 Å². The molecule has 4 rings (SSSR count). The number of rotatable bonds is 7. The van der Waals surface area contributed by atoms with E-state index in [1.54, 1.807) is 6.07 Å². The lowest BCUT2D eigenvalue weighted by Crippen LogP contribution is -2.39. The van der Waals surface area contributed by atoms with Crippen molar-refractivity contribution in [3.05, 3.63) is 99.6 Å². The van der Waals surface area contributed by atoms with Crippen LogP contribution in [-0.2, 0) is 24.2 Å². The molecule has 0 spiro atoms. The van der Waals surface area contributed by atoms with E-state index >= 15 is 0 Å². The number of carboxylic acids is 1. The summed E-state index contributed by atoms with van der Waals surface area (Å²) in [6.07, 6.45) is 2.34. The fourth-order valence-corrected chi connectivity index (χ4v) is 4.47. The van der Waals surface area contributed by atoms with Gasteiger partial charge in [0.2, 0.25) is 0 Å². The van der Waals surface area contributed by atoms with Gasteiger partial charge in [0.25, 0.3) is 5.91 Å². The van der Waals surface area contributed by atoms with Crippen LogP contribution in [-0.4, -0.2) is 34.0 Å². The second-order valence-corrected chi connectivity index (χ2v) is 9.65. The summed E-state index contributed by atoms with van der Waals surface area (Å²) in [6, 6.07) is 20.9. The van der Waals surface area contributed by atoms with Crippen LogP contribution < -0.4 is 4.74 Å². The fraction of sp³-hybridized carbons (Fsp3) is 0.286. The molecule has 0 aromatic heterocycles. The number of carboxylic acid groups (broad SMARTS) is 1. The van der Waals surface area contributed by atoms with Crippen molar-refractivity contribution < 1.29 is 19.4 Å². The zero-order valence-electron chi connectivity index (χ0n) is 19.4. The molecule has 0 saturated carbocycles. The molecule has 1 amide bonds. The van der Waals surface area contributed by atoms with Gasteiger partial charge in [-0.2, -0.15) is 0 Å². The van der Waals surface area contributed by atoms with Crippen LogP contribution in [0.25, 0.3) is 0 Å². The third kappa shape index (κ3) is 5.78. The van der Waals surface area contributed by atoms with E-state index in [1.165, 1.54) is 4.90 Å². The van der Waals surface area contributed by atoms with Gasteiger partial charge in [0.1, 0.15) is 17.9 Å². The van der Waals surface area contributed by atoms with E-state index < -0.39 is 5.97 Å². The maximum Gasteiger partial charge on any atom is 0.323 e. The van der Waals surface area contributed by atoms with Gasteiger partial charge in [-0.25, -0.2) is 0 Å². The smallest absolute Gasteiger partial charge is 0.323 e. The first-order chi connectivity index (χ1) is 16.2. The Kier molecular flexibility index (Phi) is 6.94. The predicted octanol–water partition coefficient (Wildman–Crippen LogP) is 5.70. The summed E-state index contributed by atoms with van der Waals surface area (Å²) in [5.41, 5.74) is 4.23. The first-order valence-corrected chi connectivity index (χ1v) is 11.7. The summed E-state index contributed by atoms with van der Waals surface area (Å²) >= 11 is 6.00. The number of amides is 1. The number of halogens is 1. The zero-order chi connectivity index (χ0) is 24.3. The maximum absolute atomic E-state index is 13.2. The second kappa shape index (κ2) is 9.90. The maximum atomic E-state index is 13.2. The van der Waals surface area contributed by atoms with Gasteiger partial charge in [0.15, 0.2) is 0 Å². The minimum absolute atomic E-state index is 0.234. The molecular formula is C28H28ClNO4. The van der Waals surface area contributed by atoms with Gasteiger partial charge in [0, 0.05) is 23.6 Å². The van der Waals surface area contributed by atoms with Gasteiger partial charge in [-0.15, -0.1) is 0 Å². The van der Waals surface area contributed by atoms with Gasteiger partial charge in [-0.3, -0.25) is 9.59 Å². The van der Waals surface area contributed by atoms with Crippen molar-refractivity contribution in [1.29, 1.82) is 0 Å². The summed E-state index contributed by atoms with van der Waals surface area (Å²) in [5, 5.41) is 10.1. The predicted molar refractivity (Wildman–Crippen MR) is 133 cm³/mol. The van der Waals surface area contributed by atoms with Gasteiger partial charge in [-0.05, 0) is 73.7 Å². The molecule has 1 unspecified atom stereocenters. The number of ether oxygens (including phenoxy) is 1. The average molecular weight is 478 g/mol. The van der Waals surface area contributed by atoms with Gasteiger partial charge in [-0.1, -0.05) is 53.6 Å². The Balaban J connectivity index is 1.50. The number of carbonyl (C=O) groups excluding carboxylic acids is 1. The van der Waals surface area contributed by atoms with Crippen LogP contribution in [0.15, 0.2) is 66.7 Å². The summed E-state index contributed by atoms with van der Waals surface area (Å²) in [7, 11) is 0. The van der Waals surface area contributed by atoms with E-state index in [1.807, 2.05) is 67.6 Å². The zero-order valence-corrected chi connectivity index (χ0v) is 20.1. The van der Waals surface area contributed by atoms with Gasteiger partial charge in [0.05, 0.1) is 0 Å². The number of hydrogen-bond donors (Lipinski definition) is 1. The number of benzene rings is 3. The summed E-state index contributed by atoms with van der Waals surface area (Å²) < 4.78 is 6.37. The summed E-state index contributed by atoms with van der Waals surface area (Å²) in [4.78, 5) is 26.1. The topological polar surface area (TPSA) is 66.8 Å². The molecule has 0 radical (unpaired) electrons. The molecule has 1 heterocycles. The van der Waals surface area contributed by atoms with Crippen LogP contribution in [0.4, 0.5) is 0 Å². The monoisotopic (exact) mass is 477 g/mol. The van der Waals surface area contributed by atoms with E-state index in [4.69, 9.17) is 16.3 Å². The standard InChI is InChI=1S/C28H28ClNO4/c1-19-3-5-21(6-4-19)17-30(18-26(31)32)27(33)23-9-12-25-22(15-23)13-14-28(2,34-25)16-20-7-10-24(29)11-8-20/h3-12,15H,13-14,16-18H2,1-2H3,(H,31,32). The Morgan fingerprint density at radius 3 is 2.38 bits per heavy atom. The third-order valence-electron chi connectivity index (χ3n) is 6.19. The van der Waals surface area contributed by atoms with Crippen molar-refractivity contribution >= 4 is 23.5 Å². The Morgan fingerprint density at radius 2 is 1.71 bits per heavy atom. The molecule has 5 nitrogen and oxygen atoms in total. The van der Waals surface area contributed by atoms with Crippen LogP contribution in [0.5, 0.6) is 5.75 Å². The van der Waals surface area contributed by atoms with E-state index in [9.17, 15) is 14.7 Å². The minimum Gasteiger partial charge on any atom is -0.487 e. The molecule has 34 heavy (non-hydrogen) atoms. The lowest BCUT2D eigenvalue weighted by atomic mass is 9.87. The van der Waals surface area contributed by atoms with Crippen molar-refractivity contribution in [2.24, 2.45) is 0 Å². The molecule has 3 aromatic carbocycles. The number of fused-ring (bicyclic) bond motifs is 1. The normalized spacial score (nSPS) is 16.9. The van der Waals surface area contributed by atoms with Crippen molar-refractivity contribution in [2.75, 3.05) is 6.54 Å². The third-order valence-corrected chi connectivity index (χ3v) is 6.44. The molecule has 0 bridgehead atoms. The largest absolute Gasteiger partial charge is 0.487 e. The second-order valence-electron chi connectivity index (χ2n) is 9.22. The Hall–Kier alpha value is -3.31. The molecule has 1 N–H and O–H groups in total. The SMILES string of the molecule is Cc1ccc(CN(CC(=O)O)C(=O)c2ccc3c(c2)CCC(C)(Cc2ccc(Cl)cc2)O3)cc1. The van der Waals surface area contributed by atoms with Crippen molar-refractivity contribution in [3.8, 4) is 5.75 Å². The molecule has 0 fully saturated rings. The van der Waals surface area contributed by atoms with E-state index in [2.05, 4.69) is 6.92 Å². The molecule has 0 aliphatic carbocycles. The quantitative estimate of drug-likeness (QED) is 0.474. The molecule has 6 heteroatoms. The van der Waals surface area contributed by atoms with Crippen molar-refractivity contribution in [2.45, 2.75) is 45.3 Å². The number of hydrogen-bond acceptors (Lipinski definition) is 3. The van der Waals surface area contributed by atoms with Crippen LogP contribution in [0, 0.1) is 6.92 Å². The Bertz CT molecular complexity index is 1190. The lowest BCUT2D eigenvalue weighted by molar-refractivity contribution is -0.137.